The number of halogens is 3. The first-order valence-electron chi connectivity index (χ1n) is 11.0. The van der Waals surface area contributed by atoms with Crippen molar-refractivity contribution in [1.82, 2.24) is 29.8 Å². The predicted octanol–water partition coefficient (Wildman–Crippen LogP) is 3.79. The lowest BCUT2D eigenvalue weighted by atomic mass is 10.1. The van der Waals surface area contributed by atoms with Crippen molar-refractivity contribution in [1.29, 1.82) is 0 Å². The molecule has 0 atom stereocenters. The Morgan fingerprint density at radius 2 is 1.83 bits per heavy atom. The van der Waals surface area contributed by atoms with Gasteiger partial charge in [0.2, 0.25) is 5.91 Å². The van der Waals surface area contributed by atoms with Crippen LogP contribution in [0.5, 0.6) is 0 Å². The smallest absolute Gasteiger partial charge is 0.383 e. The third kappa shape index (κ3) is 4.53. The Labute approximate surface area is 204 Å². The minimum Gasteiger partial charge on any atom is -0.383 e. The van der Waals surface area contributed by atoms with Gasteiger partial charge in [-0.1, -0.05) is 13.8 Å². The lowest BCUT2D eigenvalue weighted by molar-refractivity contribution is -0.146. The predicted molar refractivity (Wildman–Crippen MR) is 127 cm³/mol. The number of hydrogen-bond acceptors (Lipinski definition) is 6. The first-order chi connectivity index (χ1) is 16.9. The summed E-state index contributed by atoms with van der Waals surface area (Å²) < 4.78 is 40.5. The van der Waals surface area contributed by atoms with E-state index in [0.29, 0.717) is 33.8 Å². The average Bonchev–Trinajstić information content (AvgIpc) is 3.23. The molecule has 0 saturated carbocycles. The Morgan fingerprint density at radius 1 is 1.11 bits per heavy atom. The number of pyridine rings is 2. The highest BCUT2D eigenvalue weighted by Crippen LogP contribution is 2.30. The van der Waals surface area contributed by atoms with E-state index in [4.69, 9.17) is 5.73 Å². The van der Waals surface area contributed by atoms with Crippen molar-refractivity contribution < 1.29 is 22.8 Å². The number of alkyl halides is 3. The van der Waals surface area contributed by atoms with Crippen LogP contribution >= 0.6 is 0 Å². The summed E-state index contributed by atoms with van der Waals surface area (Å²) in [7, 11) is 3.18. The number of benzene rings is 1. The van der Waals surface area contributed by atoms with Crippen LogP contribution in [0.3, 0.4) is 0 Å². The van der Waals surface area contributed by atoms with Crippen LogP contribution in [0, 0.1) is 5.92 Å². The molecule has 0 aliphatic heterocycles. The van der Waals surface area contributed by atoms with Crippen molar-refractivity contribution in [3.63, 3.8) is 0 Å². The monoisotopic (exact) mass is 499 g/mol. The number of hydrazine groups is 1. The maximum atomic E-state index is 13.7. The molecular formula is C24H24F3N7O2. The van der Waals surface area contributed by atoms with Crippen LogP contribution in [0.25, 0.3) is 21.8 Å². The van der Waals surface area contributed by atoms with Gasteiger partial charge in [0.05, 0.1) is 40.4 Å². The zero-order valence-electron chi connectivity index (χ0n) is 20.0. The molecule has 0 radical (unpaired) electrons. The summed E-state index contributed by atoms with van der Waals surface area (Å²) in [4.78, 5) is 34.7. The summed E-state index contributed by atoms with van der Waals surface area (Å²) in [6.45, 7) is 3.15. The molecule has 0 unspecified atom stereocenters. The lowest BCUT2D eigenvalue weighted by Crippen LogP contribution is -2.48. The highest BCUT2D eigenvalue weighted by atomic mass is 19.4. The highest BCUT2D eigenvalue weighted by Gasteiger charge is 2.31. The fraction of sp³-hybridized carbons (Fsp3) is 0.292. The zero-order valence-corrected chi connectivity index (χ0v) is 20.0. The largest absolute Gasteiger partial charge is 0.417 e. The number of carbonyl (C=O) groups is 2. The number of anilines is 1. The van der Waals surface area contributed by atoms with E-state index in [2.05, 4.69) is 15.1 Å². The average molecular weight is 499 g/mol. The van der Waals surface area contributed by atoms with E-state index in [-0.39, 0.29) is 23.7 Å². The van der Waals surface area contributed by atoms with Crippen LogP contribution in [0.4, 0.5) is 19.0 Å². The normalized spacial score (nSPS) is 11.9. The first-order valence-corrected chi connectivity index (χ1v) is 11.0. The second kappa shape index (κ2) is 9.10. The molecule has 188 valence electrons. The van der Waals surface area contributed by atoms with E-state index in [0.717, 1.165) is 16.1 Å². The maximum absolute atomic E-state index is 13.7. The summed E-state index contributed by atoms with van der Waals surface area (Å²) in [5.41, 5.74) is 6.81. The number of nitrogens with zero attached hydrogens (tertiary/aromatic N) is 6. The number of amides is 2. The summed E-state index contributed by atoms with van der Waals surface area (Å²) in [6.07, 6.45) is -2.25. The number of nitrogen functional groups attached to an aromatic ring is 1. The Hall–Kier alpha value is -4.22. The molecular weight excluding hydrogens is 475 g/mol. The molecule has 0 aliphatic carbocycles. The van der Waals surface area contributed by atoms with Crippen molar-refractivity contribution in [3.8, 4) is 0 Å². The maximum Gasteiger partial charge on any atom is 0.417 e. The van der Waals surface area contributed by atoms with Gasteiger partial charge in [0, 0.05) is 37.2 Å². The molecule has 0 fully saturated rings. The molecule has 12 heteroatoms. The van der Waals surface area contributed by atoms with Crippen LogP contribution in [-0.2, 0) is 24.6 Å². The number of fused-ring (bicyclic) bond motifs is 3. The Balaban J connectivity index is 1.76. The third-order valence-corrected chi connectivity index (χ3v) is 5.83. The van der Waals surface area contributed by atoms with Crippen LogP contribution < -0.4 is 5.73 Å². The van der Waals surface area contributed by atoms with Gasteiger partial charge in [-0.05, 0) is 30.3 Å². The van der Waals surface area contributed by atoms with E-state index < -0.39 is 23.6 Å². The van der Waals surface area contributed by atoms with Gasteiger partial charge >= 0.3 is 6.18 Å². The summed E-state index contributed by atoms with van der Waals surface area (Å²) in [6, 6.07) is 6.91. The van der Waals surface area contributed by atoms with Gasteiger partial charge in [-0.25, -0.2) is 9.99 Å². The highest BCUT2D eigenvalue weighted by molar-refractivity contribution is 6.10. The number of hydrogen-bond donors (Lipinski definition) is 1. The van der Waals surface area contributed by atoms with E-state index in [1.54, 1.807) is 50.0 Å². The fourth-order valence-corrected chi connectivity index (χ4v) is 3.89. The molecule has 1 aromatic carbocycles. The third-order valence-electron chi connectivity index (χ3n) is 5.83. The molecule has 2 N–H and O–H groups in total. The Morgan fingerprint density at radius 3 is 2.44 bits per heavy atom. The lowest BCUT2D eigenvalue weighted by Gasteiger charge is -2.33. The van der Waals surface area contributed by atoms with Crippen LogP contribution in [0.1, 0.15) is 35.5 Å². The van der Waals surface area contributed by atoms with E-state index in [9.17, 15) is 22.8 Å². The van der Waals surface area contributed by atoms with Crippen molar-refractivity contribution in [3.05, 3.63) is 59.5 Å². The van der Waals surface area contributed by atoms with Gasteiger partial charge in [0.25, 0.3) is 5.91 Å². The molecule has 3 aromatic heterocycles. The molecule has 36 heavy (non-hydrogen) atoms. The number of carbonyl (C=O) groups excluding carboxylic acids is 2. The van der Waals surface area contributed by atoms with Crippen molar-refractivity contribution in [2.24, 2.45) is 13.0 Å². The van der Waals surface area contributed by atoms with Gasteiger partial charge in [-0.2, -0.15) is 18.3 Å². The van der Waals surface area contributed by atoms with Crippen molar-refractivity contribution in [2.75, 3.05) is 12.8 Å². The second-order valence-corrected chi connectivity index (χ2v) is 8.67. The minimum atomic E-state index is -4.54. The fourth-order valence-electron chi connectivity index (χ4n) is 3.89. The molecule has 4 rings (SSSR count). The zero-order chi connectivity index (χ0) is 26.4. The van der Waals surface area contributed by atoms with Gasteiger partial charge < -0.3 is 5.73 Å². The van der Waals surface area contributed by atoms with E-state index in [1.165, 1.54) is 13.1 Å². The van der Waals surface area contributed by atoms with Gasteiger partial charge in [0.15, 0.2) is 0 Å². The summed E-state index contributed by atoms with van der Waals surface area (Å²) in [5.74, 6) is -1.01. The Bertz CT molecular complexity index is 1460. The Kier molecular flexibility index (Phi) is 6.29. The number of nitrogens with two attached hydrogens (primary N) is 1. The molecule has 2 amide bonds. The number of aromatic nitrogens is 4. The minimum absolute atomic E-state index is 0.184. The van der Waals surface area contributed by atoms with Gasteiger partial charge in [0.1, 0.15) is 5.82 Å². The van der Waals surface area contributed by atoms with E-state index >= 15 is 0 Å². The molecule has 4 aromatic rings. The van der Waals surface area contributed by atoms with Crippen molar-refractivity contribution >= 4 is 39.4 Å². The first kappa shape index (κ1) is 24.9. The number of aryl methyl sites for hydroxylation is 1. The van der Waals surface area contributed by atoms with Crippen LogP contribution in [0.15, 0.2) is 42.7 Å². The molecule has 0 aliphatic rings. The topological polar surface area (TPSA) is 110 Å². The molecule has 3 heterocycles. The standard InChI is InChI=1S/C24H24F3N7O2/c1-13(2)22(35)33(4)34(12-16-7-6-15(10-29-16)24(25,26)27)23(36)14-5-8-19-17(9-14)20-18(21(28)31-19)11-30-32(20)3/h5-11,13H,12H2,1-4H3,(H2,28,31). The summed E-state index contributed by atoms with van der Waals surface area (Å²) >= 11 is 0. The van der Waals surface area contributed by atoms with E-state index in [1.807, 2.05) is 0 Å². The number of rotatable bonds is 4. The van der Waals surface area contributed by atoms with Crippen LogP contribution in [-0.4, -0.2) is 48.6 Å². The molecule has 0 spiro atoms. The molecule has 9 nitrogen and oxygen atoms in total. The summed E-state index contributed by atoms with van der Waals surface area (Å²) in [5, 5.41) is 7.82. The van der Waals surface area contributed by atoms with Gasteiger partial charge in [-0.3, -0.25) is 24.3 Å². The molecule has 0 bridgehead atoms. The quantitative estimate of drug-likeness (QED) is 0.428. The van der Waals surface area contributed by atoms with Crippen LogP contribution in [0.2, 0.25) is 0 Å². The van der Waals surface area contributed by atoms with Crippen molar-refractivity contribution in [2.45, 2.75) is 26.6 Å². The second-order valence-electron chi connectivity index (χ2n) is 8.67. The van der Waals surface area contributed by atoms with Gasteiger partial charge in [-0.15, -0.1) is 0 Å². The molecule has 0 saturated heterocycles. The SMILES string of the molecule is CC(C)C(=O)N(C)N(Cc1ccc(C(F)(F)F)cn1)C(=O)c1ccc2nc(N)c3cnn(C)c3c2c1.